The second kappa shape index (κ2) is 10.0. The number of hydrogen-bond donors (Lipinski definition) is 2. The minimum atomic E-state index is -1.04. The molecule has 2 aromatic heterocycles. The number of nitrogens with zero attached hydrogens (tertiary/aromatic N) is 4. The molecule has 0 amide bonds. The lowest BCUT2D eigenvalue weighted by atomic mass is 10.1. The number of piperazine rings is 1. The van der Waals surface area contributed by atoms with E-state index in [1.807, 2.05) is 36.5 Å². The summed E-state index contributed by atoms with van der Waals surface area (Å²) in [5.74, 6) is 6.71. The largest absolute Gasteiger partial charge is 0.485 e. The van der Waals surface area contributed by atoms with Crippen LogP contribution in [0.4, 0.5) is 10.9 Å². The molecule has 1 aromatic carbocycles. The van der Waals surface area contributed by atoms with Gasteiger partial charge in [-0.15, -0.1) is 0 Å². The molecule has 178 valence electrons. The maximum Gasteiger partial charge on any atom is 0.185 e. The Morgan fingerprint density at radius 1 is 1.24 bits per heavy atom. The van der Waals surface area contributed by atoms with Crippen LogP contribution in [-0.4, -0.2) is 58.3 Å². The normalized spacial score (nSPS) is 16.7. The number of nitrogen functional groups attached to an aromatic ring is 1. The van der Waals surface area contributed by atoms with Gasteiger partial charge in [0.05, 0.1) is 4.88 Å². The minimum absolute atomic E-state index is 0.334. The number of likely N-dealkylation sites (N-methyl/N-ethyl adjacent to an activating group) is 1. The van der Waals surface area contributed by atoms with Crippen molar-refractivity contribution in [3.05, 3.63) is 53.9 Å². The summed E-state index contributed by atoms with van der Waals surface area (Å²) in [6.45, 7) is 8.87. The number of ether oxygens (including phenoxy) is 1. The van der Waals surface area contributed by atoms with E-state index in [0.29, 0.717) is 24.2 Å². The van der Waals surface area contributed by atoms with Crippen LogP contribution in [0.3, 0.4) is 0 Å². The molecule has 1 unspecified atom stereocenters. The van der Waals surface area contributed by atoms with E-state index in [2.05, 4.69) is 45.6 Å². The number of pyridine rings is 1. The molecule has 3 heterocycles. The van der Waals surface area contributed by atoms with Gasteiger partial charge in [-0.05, 0) is 51.6 Å². The standard InChI is InChI=1S/C26H31N5O2S/c1-18-16-31(11-10-30(18)4)25-29-15-23(34-25)21-13-22(24(27)28-14-21)33-17-20-7-5-6-19(12-20)8-9-26(2,3)32/h5-7,12-15,18,32H,10-11,16-17H2,1-4H3,(H2,27,28). The molecule has 1 fully saturated rings. The van der Waals surface area contributed by atoms with Gasteiger partial charge in [0.1, 0.15) is 12.2 Å². The molecule has 34 heavy (non-hydrogen) atoms. The van der Waals surface area contributed by atoms with Gasteiger partial charge >= 0.3 is 0 Å². The van der Waals surface area contributed by atoms with Gasteiger partial charge in [-0.2, -0.15) is 0 Å². The Balaban J connectivity index is 1.46. The molecular formula is C26H31N5O2S. The molecular weight excluding hydrogens is 446 g/mol. The number of nitrogens with two attached hydrogens (primary N) is 1. The first-order chi connectivity index (χ1) is 16.2. The lowest BCUT2D eigenvalue weighted by Crippen LogP contribution is -2.50. The maximum atomic E-state index is 9.82. The van der Waals surface area contributed by atoms with Crippen LogP contribution in [0.25, 0.3) is 10.4 Å². The van der Waals surface area contributed by atoms with Crippen molar-refractivity contribution in [3.63, 3.8) is 0 Å². The van der Waals surface area contributed by atoms with Crippen molar-refractivity contribution in [2.24, 2.45) is 0 Å². The molecule has 1 atom stereocenters. The molecule has 7 nitrogen and oxygen atoms in total. The van der Waals surface area contributed by atoms with Crippen LogP contribution in [0.2, 0.25) is 0 Å². The fraction of sp³-hybridized carbons (Fsp3) is 0.385. The first kappa shape index (κ1) is 24.0. The van der Waals surface area contributed by atoms with E-state index < -0.39 is 5.60 Å². The van der Waals surface area contributed by atoms with Crippen LogP contribution >= 0.6 is 11.3 Å². The lowest BCUT2D eigenvalue weighted by molar-refractivity contribution is 0.143. The Morgan fingerprint density at radius 2 is 2.06 bits per heavy atom. The predicted molar refractivity (Wildman–Crippen MR) is 138 cm³/mol. The molecule has 8 heteroatoms. The molecule has 3 N–H and O–H groups in total. The van der Waals surface area contributed by atoms with Crippen molar-refractivity contribution in [1.29, 1.82) is 0 Å². The Labute approximate surface area is 205 Å². The Morgan fingerprint density at radius 3 is 2.82 bits per heavy atom. The average molecular weight is 478 g/mol. The minimum Gasteiger partial charge on any atom is -0.485 e. The topological polar surface area (TPSA) is 87.7 Å². The van der Waals surface area contributed by atoms with Crippen LogP contribution in [0.5, 0.6) is 5.75 Å². The number of anilines is 2. The zero-order valence-electron chi connectivity index (χ0n) is 20.1. The van der Waals surface area contributed by atoms with Crippen LogP contribution in [0.1, 0.15) is 31.9 Å². The van der Waals surface area contributed by atoms with E-state index in [9.17, 15) is 5.11 Å². The fourth-order valence-electron chi connectivity index (χ4n) is 3.60. The summed E-state index contributed by atoms with van der Waals surface area (Å²) in [5.41, 5.74) is 7.76. The predicted octanol–water partition coefficient (Wildman–Crippen LogP) is 3.63. The van der Waals surface area contributed by atoms with Crippen LogP contribution < -0.4 is 15.4 Å². The van der Waals surface area contributed by atoms with E-state index in [0.717, 1.165) is 46.3 Å². The smallest absolute Gasteiger partial charge is 0.185 e. The summed E-state index contributed by atoms with van der Waals surface area (Å²) in [6, 6.07) is 10.2. The Hall–Kier alpha value is -3.12. The van der Waals surface area contributed by atoms with E-state index in [-0.39, 0.29) is 0 Å². The number of rotatable bonds is 5. The molecule has 0 aliphatic carbocycles. The van der Waals surface area contributed by atoms with Crippen molar-refractivity contribution >= 4 is 22.3 Å². The van der Waals surface area contributed by atoms with Gasteiger partial charge in [-0.25, -0.2) is 9.97 Å². The first-order valence-electron chi connectivity index (χ1n) is 11.3. The summed E-state index contributed by atoms with van der Waals surface area (Å²) >= 11 is 1.66. The molecule has 4 rings (SSSR count). The summed E-state index contributed by atoms with van der Waals surface area (Å²) in [5, 5.41) is 10.8. The van der Waals surface area contributed by atoms with E-state index in [4.69, 9.17) is 10.5 Å². The SMILES string of the molecule is CC1CN(c2ncc(-c3cnc(N)c(OCc4cccc(C#CC(C)(C)O)c4)c3)s2)CCN1C. The second-order valence-corrected chi connectivity index (χ2v) is 10.2. The van der Waals surface area contributed by atoms with Crippen LogP contribution in [0, 0.1) is 11.8 Å². The quantitative estimate of drug-likeness (QED) is 0.543. The van der Waals surface area contributed by atoms with Gasteiger partial charge in [0.15, 0.2) is 16.7 Å². The van der Waals surface area contributed by atoms with E-state index >= 15 is 0 Å². The first-order valence-corrected chi connectivity index (χ1v) is 12.1. The zero-order chi connectivity index (χ0) is 24.3. The van der Waals surface area contributed by atoms with Crippen molar-refractivity contribution in [2.75, 3.05) is 37.3 Å². The van der Waals surface area contributed by atoms with Gasteiger partial charge in [0, 0.05) is 49.2 Å². The third-order valence-electron chi connectivity index (χ3n) is 5.72. The number of benzene rings is 1. The molecule has 3 aromatic rings. The number of hydrogen-bond acceptors (Lipinski definition) is 8. The molecule has 1 saturated heterocycles. The van der Waals surface area contributed by atoms with E-state index in [1.54, 1.807) is 31.4 Å². The molecule has 0 bridgehead atoms. The third-order valence-corrected chi connectivity index (χ3v) is 6.83. The monoisotopic (exact) mass is 477 g/mol. The number of thiazole rings is 1. The van der Waals surface area contributed by atoms with Gasteiger partial charge in [-0.1, -0.05) is 35.3 Å². The Bertz CT molecular complexity index is 1210. The van der Waals surface area contributed by atoms with Crippen LogP contribution in [0.15, 0.2) is 42.7 Å². The van der Waals surface area contributed by atoms with Gasteiger partial charge in [0.2, 0.25) is 0 Å². The van der Waals surface area contributed by atoms with Crippen molar-refractivity contribution in [3.8, 4) is 28.0 Å². The highest BCUT2D eigenvalue weighted by Gasteiger charge is 2.23. The molecule has 1 aliphatic rings. The van der Waals surface area contributed by atoms with Crippen molar-refractivity contribution < 1.29 is 9.84 Å². The summed E-state index contributed by atoms with van der Waals surface area (Å²) in [7, 11) is 2.16. The van der Waals surface area contributed by atoms with Gasteiger partial charge < -0.3 is 25.4 Å². The summed E-state index contributed by atoms with van der Waals surface area (Å²) in [4.78, 5) is 14.7. The highest BCUT2D eigenvalue weighted by molar-refractivity contribution is 7.18. The average Bonchev–Trinajstić information content (AvgIpc) is 3.29. The zero-order valence-corrected chi connectivity index (χ0v) is 20.9. The maximum absolute atomic E-state index is 9.82. The van der Waals surface area contributed by atoms with Crippen LogP contribution in [-0.2, 0) is 6.61 Å². The lowest BCUT2D eigenvalue weighted by Gasteiger charge is -2.37. The number of aliphatic hydroxyl groups is 1. The summed E-state index contributed by atoms with van der Waals surface area (Å²) in [6.07, 6.45) is 3.66. The summed E-state index contributed by atoms with van der Waals surface area (Å²) < 4.78 is 6.02. The highest BCUT2D eigenvalue weighted by atomic mass is 32.1. The van der Waals surface area contributed by atoms with E-state index in [1.165, 1.54) is 0 Å². The molecule has 1 aliphatic heterocycles. The number of aromatic nitrogens is 2. The van der Waals surface area contributed by atoms with Crippen molar-refractivity contribution in [2.45, 2.75) is 39.0 Å². The fourth-order valence-corrected chi connectivity index (χ4v) is 4.53. The molecule has 0 radical (unpaired) electrons. The third kappa shape index (κ3) is 6.06. The van der Waals surface area contributed by atoms with Crippen molar-refractivity contribution in [1.82, 2.24) is 14.9 Å². The molecule has 0 spiro atoms. The molecule has 0 saturated carbocycles. The highest BCUT2D eigenvalue weighted by Crippen LogP contribution is 2.34. The second-order valence-electron chi connectivity index (χ2n) is 9.19. The van der Waals surface area contributed by atoms with Gasteiger partial charge in [0.25, 0.3) is 0 Å². The Kier molecular flexibility index (Phi) is 7.08. The van der Waals surface area contributed by atoms with Gasteiger partial charge in [-0.3, -0.25) is 0 Å².